The Morgan fingerprint density at radius 1 is 1.75 bits per heavy atom. The fraction of sp³-hybridized carbons (Fsp3) is 0.571. The summed E-state index contributed by atoms with van der Waals surface area (Å²) in [6, 6.07) is 2.54. The lowest BCUT2D eigenvalue weighted by Gasteiger charge is -2.21. The molecule has 0 saturated carbocycles. The lowest BCUT2D eigenvalue weighted by atomic mass is 10.2. The maximum absolute atomic E-state index is 4.33. The Hall–Kier alpha value is -0.0600. The summed E-state index contributed by atoms with van der Waals surface area (Å²) in [6.07, 6.45) is 0. The third-order valence-corrected chi connectivity index (χ3v) is 2.33. The van der Waals surface area contributed by atoms with Crippen LogP contribution in [0, 0.1) is 0 Å². The Kier molecular flexibility index (Phi) is 3.15. The highest BCUT2D eigenvalue weighted by Gasteiger charge is 2.16. The molecule has 0 radical (unpaired) electrons. The third-order valence-electron chi connectivity index (χ3n) is 1.95. The molecule has 3 nitrogen and oxygen atoms in total. The van der Waals surface area contributed by atoms with Gasteiger partial charge in [0.25, 0.3) is 0 Å². The predicted molar refractivity (Wildman–Crippen MR) is 53.6 cm³/mol. The minimum Gasteiger partial charge on any atom is -0.309 e. The zero-order chi connectivity index (χ0) is 7.84. The summed E-state index contributed by atoms with van der Waals surface area (Å²) in [5.41, 5.74) is 1.26. The molecule has 0 fully saturated rings. The Balaban J connectivity index is 0.000000720. The van der Waals surface area contributed by atoms with E-state index in [1.807, 2.05) is 0 Å². The van der Waals surface area contributed by atoms with E-state index in [-0.39, 0.29) is 12.4 Å². The van der Waals surface area contributed by atoms with Crippen LogP contribution in [0.4, 0.5) is 0 Å². The van der Waals surface area contributed by atoms with Gasteiger partial charge in [-0.05, 0) is 28.9 Å². The smallest absolute Gasteiger partial charge is 0.128 e. The molecule has 2 rings (SSSR count). The zero-order valence-corrected chi connectivity index (χ0v) is 9.15. The van der Waals surface area contributed by atoms with Crippen molar-refractivity contribution in [3.63, 3.8) is 0 Å². The number of nitrogens with zero attached hydrogens (tertiary/aromatic N) is 2. The number of nitrogens with one attached hydrogen (secondary N) is 1. The molecule has 12 heavy (non-hydrogen) atoms. The van der Waals surface area contributed by atoms with Crippen LogP contribution in [0.3, 0.4) is 0 Å². The van der Waals surface area contributed by atoms with Gasteiger partial charge in [-0.2, -0.15) is 5.10 Å². The van der Waals surface area contributed by atoms with Crippen LogP contribution in [0.1, 0.15) is 18.7 Å². The van der Waals surface area contributed by atoms with Crippen LogP contribution >= 0.6 is 28.3 Å². The molecule has 2 heterocycles. The number of hydrogen-bond donors (Lipinski definition) is 1. The van der Waals surface area contributed by atoms with Gasteiger partial charge < -0.3 is 5.32 Å². The summed E-state index contributed by atoms with van der Waals surface area (Å²) in [4.78, 5) is 0. The van der Waals surface area contributed by atoms with E-state index < -0.39 is 0 Å². The number of aromatic nitrogens is 2. The van der Waals surface area contributed by atoms with Crippen LogP contribution < -0.4 is 5.32 Å². The van der Waals surface area contributed by atoms with E-state index in [1.54, 1.807) is 0 Å². The summed E-state index contributed by atoms with van der Waals surface area (Å²) in [5, 5.41) is 7.65. The minimum atomic E-state index is 0. The molecule has 0 unspecified atom stereocenters. The average Bonchev–Trinajstić information content (AvgIpc) is 2.31. The summed E-state index contributed by atoms with van der Waals surface area (Å²) in [7, 11) is 0. The summed E-state index contributed by atoms with van der Waals surface area (Å²) in [5.74, 6) is 0. The number of fused-ring (bicyclic) bond motifs is 1. The molecule has 1 aliphatic rings. The second-order valence-electron chi connectivity index (χ2n) is 2.88. The summed E-state index contributed by atoms with van der Waals surface area (Å²) < 4.78 is 3.00. The molecule has 68 valence electrons. The normalized spacial score (nSPS) is 21.3. The monoisotopic (exact) mass is 251 g/mol. The predicted octanol–water partition coefficient (Wildman–Crippen LogP) is 1.73. The molecule has 1 N–H and O–H groups in total. The van der Waals surface area contributed by atoms with E-state index in [1.165, 1.54) is 5.69 Å². The van der Waals surface area contributed by atoms with Gasteiger partial charge in [-0.1, -0.05) is 0 Å². The number of hydrogen-bond acceptors (Lipinski definition) is 2. The second-order valence-corrected chi connectivity index (χ2v) is 3.70. The van der Waals surface area contributed by atoms with Gasteiger partial charge in [0.2, 0.25) is 0 Å². The van der Waals surface area contributed by atoms with E-state index in [9.17, 15) is 0 Å². The standard InChI is InChI=1S/C7H10BrN3.ClH/c1-5-3-9-4-6-2-7(8)10-11(5)6;/h2,5,9H,3-4H2,1H3;1H/t5-;/m0./s1. The van der Waals surface area contributed by atoms with Crippen molar-refractivity contribution >= 4 is 28.3 Å². The molecule has 0 spiro atoms. The summed E-state index contributed by atoms with van der Waals surface area (Å²) >= 11 is 3.36. The molecule has 1 atom stereocenters. The van der Waals surface area contributed by atoms with Gasteiger partial charge in [0.1, 0.15) is 4.60 Å². The lowest BCUT2D eigenvalue weighted by Crippen LogP contribution is -2.31. The first-order chi connectivity index (χ1) is 5.27. The van der Waals surface area contributed by atoms with E-state index >= 15 is 0 Å². The van der Waals surface area contributed by atoms with Gasteiger partial charge >= 0.3 is 0 Å². The molecule has 0 amide bonds. The SMILES string of the molecule is C[C@H]1CNCc2cc(Br)nn21.Cl. The van der Waals surface area contributed by atoms with Crippen LogP contribution in [-0.2, 0) is 6.54 Å². The molecule has 0 aromatic carbocycles. The summed E-state index contributed by atoms with van der Waals surface area (Å²) in [6.45, 7) is 4.11. The topological polar surface area (TPSA) is 29.9 Å². The molecular formula is C7H11BrClN3. The fourth-order valence-corrected chi connectivity index (χ4v) is 1.84. The first kappa shape index (κ1) is 10.0. The van der Waals surface area contributed by atoms with E-state index in [2.05, 4.69) is 44.0 Å². The highest BCUT2D eigenvalue weighted by Crippen LogP contribution is 2.18. The van der Waals surface area contributed by atoms with Crippen molar-refractivity contribution in [1.29, 1.82) is 0 Å². The minimum absolute atomic E-state index is 0. The lowest BCUT2D eigenvalue weighted by molar-refractivity contribution is 0.391. The van der Waals surface area contributed by atoms with Crippen LogP contribution in [-0.4, -0.2) is 16.3 Å². The highest BCUT2D eigenvalue weighted by molar-refractivity contribution is 9.10. The number of halogens is 2. The van der Waals surface area contributed by atoms with E-state index in [0.29, 0.717) is 6.04 Å². The van der Waals surface area contributed by atoms with Crippen molar-refractivity contribution < 1.29 is 0 Å². The van der Waals surface area contributed by atoms with Crippen LogP contribution in [0.2, 0.25) is 0 Å². The molecule has 0 bridgehead atoms. The van der Waals surface area contributed by atoms with Crippen molar-refractivity contribution in [2.45, 2.75) is 19.5 Å². The zero-order valence-electron chi connectivity index (χ0n) is 6.75. The Morgan fingerprint density at radius 3 is 3.17 bits per heavy atom. The molecule has 5 heteroatoms. The van der Waals surface area contributed by atoms with Gasteiger partial charge in [-0.15, -0.1) is 12.4 Å². The molecule has 1 aliphatic heterocycles. The fourth-order valence-electron chi connectivity index (χ4n) is 1.41. The van der Waals surface area contributed by atoms with Crippen molar-refractivity contribution in [1.82, 2.24) is 15.1 Å². The third kappa shape index (κ3) is 1.65. The van der Waals surface area contributed by atoms with Crippen molar-refractivity contribution in [2.24, 2.45) is 0 Å². The van der Waals surface area contributed by atoms with Gasteiger partial charge in [0.15, 0.2) is 0 Å². The van der Waals surface area contributed by atoms with Gasteiger partial charge in [-0.3, -0.25) is 4.68 Å². The first-order valence-corrected chi connectivity index (χ1v) is 4.51. The van der Waals surface area contributed by atoms with E-state index in [0.717, 1.165) is 17.7 Å². The molecule has 0 aliphatic carbocycles. The Bertz CT molecular complexity index is 274. The van der Waals surface area contributed by atoms with E-state index in [4.69, 9.17) is 0 Å². The Morgan fingerprint density at radius 2 is 2.50 bits per heavy atom. The Labute approximate surface area is 86.1 Å². The van der Waals surface area contributed by atoms with Crippen molar-refractivity contribution in [3.05, 3.63) is 16.4 Å². The maximum Gasteiger partial charge on any atom is 0.128 e. The molecule has 0 saturated heterocycles. The van der Waals surface area contributed by atoms with Crippen LogP contribution in [0.15, 0.2) is 10.7 Å². The maximum atomic E-state index is 4.33. The van der Waals surface area contributed by atoms with Crippen molar-refractivity contribution in [2.75, 3.05) is 6.54 Å². The molecular weight excluding hydrogens is 241 g/mol. The highest BCUT2D eigenvalue weighted by atomic mass is 79.9. The van der Waals surface area contributed by atoms with Crippen LogP contribution in [0.25, 0.3) is 0 Å². The van der Waals surface area contributed by atoms with Crippen molar-refractivity contribution in [3.8, 4) is 0 Å². The molecule has 1 aromatic rings. The molecule has 1 aromatic heterocycles. The quantitative estimate of drug-likeness (QED) is 0.762. The second kappa shape index (κ2) is 3.77. The van der Waals surface area contributed by atoms with Gasteiger partial charge in [-0.25, -0.2) is 0 Å². The van der Waals surface area contributed by atoms with Gasteiger partial charge in [0.05, 0.1) is 11.7 Å². The van der Waals surface area contributed by atoms with Crippen LogP contribution in [0.5, 0.6) is 0 Å². The van der Waals surface area contributed by atoms with Gasteiger partial charge in [0, 0.05) is 13.1 Å². The largest absolute Gasteiger partial charge is 0.309 e. The number of rotatable bonds is 0. The first-order valence-electron chi connectivity index (χ1n) is 3.72. The average molecular weight is 253 g/mol.